The average molecular weight is 92.1 g/mol. The zero-order chi connectivity index (χ0) is 4.99. The van der Waals surface area contributed by atoms with Gasteiger partial charge in [0.1, 0.15) is 0 Å². The third kappa shape index (κ3) is 3.60. The van der Waals surface area contributed by atoms with Crippen LogP contribution in [0.2, 0.25) is 0 Å². The fourth-order valence-electron chi connectivity index (χ4n) is 0.145. The van der Waals surface area contributed by atoms with Gasteiger partial charge >= 0.3 is 0 Å². The van der Waals surface area contributed by atoms with E-state index in [0.717, 1.165) is 6.08 Å². The first-order chi connectivity index (χ1) is 2.77. The number of hydrogen-bond donors (Lipinski definition) is 0. The first kappa shape index (κ1) is 5.60. The van der Waals surface area contributed by atoms with Gasteiger partial charge in [0.15, 0.2) is 0 Å². The SMILES string of the molecule is CC=CC(F)F. The third-order valence-corrected chi connectivity index (χ3v) is 0.338. The van der Waals surface area contributed by atoms with Crippen LogP contribution in [0.4, 0.5) is 8.78 Å². The molecule has 0 N–H and O–H groups in total. The first-order valence-corrected chi connectivity index (χ1v) is 1.68. The standard InChI is InChI=1S/C4H6F2/c1-2-3-4(5)6/h2-4H,1H3. The average Bonchev–Trinajstić information content (AvgIpc) is 1.35. The van der Waals surface area contributed by atoms with Crippen LogP contribution in [0.5, 0.6) is 0 Å². The highest BCUT2D eigenvalue weighted by Gasteiger charge is 1.87. The highest BCUT2D eigenvalue weighted by atomic mass is 19.3. The van der Waals surface area contributed by atoms with Crippen LogP contribution in [0, 0.1) is 0 Å². The summed E-state index contributed by atoms with van der Waals surface area (Å²) in [7, 11) is 0. The molecule has 36 valence electrons. The van der Waals surface area contributed by atoms with E-state index in [1.807, 2.05) is 0 Å². The smallest absolute Gasteiger partial charge is 0.206 e. The van der Waals surface area contributed by atoms with Gasteiger partial charge in [0.2, 0.25) is 0 Å². The van der Waals surface area contributed by atoms with Gasteiger partial charge in [-0.2, -0.15) is 0 Å². The molecule has 0 rings (SSSR count). The number of halogens is 2. The summed E-state index contributed by atoms with van der Waals surface area (Å²) in [5, 5.41) is 0. The maximum Gasteiger partial charge on any atom is 0.257 e. The van der Waals surface area contributed by atoms with Gasteiger partial charge in [0.25, 0.3) is 6.43 Å². The molecule has 0 radical (unpaired) electrons. The summed E-state index contributed by atoms with van der Waals surface area (Å²) in [5.41, 5.74) is 0. The molecule has 0 amide bonds. The number of hydrogen-bond acceptors (Lipinski definition) is 0. The van der Waals surface area contributed by atoms with Crippen molar-refractivity contribution in [3.05, 3.63) is 12.2 Å². The molecule has 0 aromatic rings. The normalized spacial score (nSPS) is 11.3. The summed E-state index contributed by atoms with van der Waals surface area (Å²) in [4.78, 5) is 0. The molecule has 0 nitrogen and oxygen atoms in total. The molecule has 0 aliphatic carbocycles. The predicted octanol–water partition coefficient (Wildman–Crippen LogP) is 1.83. The van der Waals surface area contributed by atoms with Crippen LogP contribution in [-0.4, -0.2) is 6.43 Å². The zero-order valence-electron chi connectivity index (χ0n) is 3.49. The van der Waals surface area contributed by atoms with E-state index in [1.54, 1.807) is 6.92 Å². The third-order valence-electron chi connectivity index (χ3n) is 0.338. The first-order valence-electron chi connectivity index (χ1n) is 1.68. The number of alkyl halides is 2. The van der Waals surface area contributed by atoms with E-state index in [1.165, 1.54) is 6.08 Å². The molecule has 0 saturated heterocycles. The molecule has 0 bridgehead atoms. The number of allylic oxidation sites excluding steroid dienone is 2. The molecule has 0 saturated carbocycles. The topological polar surface area (TPSA) is 0 Å². The highest BCUT2D eigenvalue weighted by molar-refractivity contribution is 4.78. The highest BCUT2D eigenvalue weighted by Crippen LogP contribution is 1.90. The predicted molar refractivity (Wildman–Crippen MR) is 20.8 cm³/mol. The van der Waals surface area contributed by atoms with Gasteiger partial charge < -0.3 is 0 Å². The minimum absolute atomic E-state index is 0.833. The van der Waals surface area contributed by atoms with Gasteiger partial charge in [-0.1, -0.05) is 6.08 Å². The van der Waals surface area contributed by atoms with Crippen molar-refractivity contribution in [2.75, 3.05) is 0 Å². The Balaban J connectivity index is 3.03. The van der Waals surface area contributed by atoms with Crippen molar-refractivity contribution in [3.8, 4) is 0 Å². The van der Waals surface area contributed by atoms with Crippen LogP contribution in [0.1, 0.15) is 6.92 Å². The van der Waals surface area contributed by atoms with Crippen molar-refractivity contribution < 1.29 is 8.78 Å². The van der Waals surface area contributed by atoms with Crippen molar-refractivity contribution in [1.29, 1.82) is 0 Å². The van der Waals surface area contributed by atoms with Crippen molar-refractivity contribution in [2.24, 2.45) is 0 Å². The van der Waals surface area contributed by atoms with Gasteiger partial charge in [-0.15, -0.1) is 0 Å². The van der Waals surface area contributed by atoms with Crippen molar-refractivity contribution in [2.45, 2.75) is 13.3 Å². The summed E-state index contributed by atoms with van der Waals surface area (Å²) in [6.07, 6.45) is -0.125. The van der Waals surface area contributed by atoms with Crippen LogP contribution in [0.25, 0.3) is 0 Å². The Kier molecular flexibility index (Phi) is 2.63. The van der Waals surface area contributed by atoms with Crippen LogP contribution in [0.3, 0.4) is 0 Å². The van der Waals surface area contributed by atoms with Gasteiger partial charge in [0.05, 0.1) is 0 Å². The molecule has 2 heteroatoms. The monoisotopic (exact) mass is 92.0 g/mol. The Morgan fingerprint density at radius 1 is 1.50 bits per heavy atom. The zero-order valence-corrected chi connectivity index (χ0v) is 3.49. The van der Waals surface area contributed by atoms with Crippen molar-refractivity contribution in [1.82, 2.24) is 0 Å². The molecule has 0 aromatic heterocycles. The van der Waals surface area contributed by atoms with Crippen LogP contribution in [-0.2, 0) is 0 Å². The summed E-state index contributed by atoms with van der Waals surface area (Å²) in [6, 6.07) is 0. The van der Waals surface area contributed by atoms with E-state index in [2.05, 4.69) is 0 Å². The Morgan fingerprint density at radius 3 is 2.00 bits per heavy atom. The molecule has 0 aromatic carbocycles. The Hall–Kier alpha value is -0.400. The molecular weight excluding hydrogens is 86.0 g/mol. The fraction of sp³-hybridized carbons (Fsp3) is 0.500. The Labute approximate surface area is 35.5 Å². The van der Waals surface area contributed by atoms with Crippen LogP contribution in [0.15, 0.2) is 12.2 Å². The van der Waals surface area contributed by atoms with E-state index in [9.17, 15) is 8.78 Å². The lowest BCUT2D eigenvalue weighted by Gasteiger charge is -1.78. The van der Waals surface area contributed by atoms with Crippen LogP contribution < -0.4 is 0 Å². The molecule has 6 heavy (non-hydrogen) atoms. The second-order valence-electron chi connectivity index (χ2n) is 0.860. The van der Waals surface area contributed by atoms with Gasteiger partial charge in [-0.3, -0.25) is 0 Å². The molecule has 0 unspecified atom stereocenters. The summed E-state index contributed by atoms with van der Waals surface area (Å²) in [5.74, 6) is 0. The maximum atomic E-state index is 10.9. The van der Waals surface area contributed by atoms with E-state index in [4.69, 9.17) is 0 Å². The quantitative estimate of drug-likeness (QED) is 0.433. The second-order valence-corrected chi connectivity index (χ2v) is 0.860. The van der Waals surface area contributed by atoms with Gasteiger partial charge in [-0.25, -0.2) is 8.78 Å². The molecule has 0 fully saturated rings. The summed E-state index contributed by atoms with van der Waals surface area (Å²) >= 11 is 0. The number of rotatable bonds is 1. The minimum atomic E-state index is -2.28. The summed E-state index contributed by atoms with van der Waals surface area (Å²) < 4.78 is 21.9. The molecule has 0 heterocycles. The fourth-order valence-corrected chi connectivity index (χ4v) is 0.145. The second kappa shape index (κ2) is 2.82. The lowest BCUT2D eigenvalue weighted by atomic mass is 10.6. The molecule has 0 aliphatic rings. The van der Waals surface area contributed by atoms with Crippen LogP contribution >= 0.6 is 0 Å². The molecule has 0 aliphatic heterocycles. The molecule has 0 atom stereocenters. The Morgan fingerprint density at radius 2 is 2.00 bits per heavy atom. The lowest BCUT2D eigenvalue weighted by molar-refractivity contribution is 0.204. The minimum Gasteiger partial charge on any atom is -0.206 e. The van der Waals surface area contributed by atoms with Gasteiger partial charge in [0, 0.05) is 0 Å². The lowest BCUT2D eigenvalue weighted by Crippen LogP contribution is -1.76. The largest absolute Gasteiger partial charge is 0.257 e. The Bertz CT molecular complexity index is 47.5. The van der Waals surface area contributed by atoms with E-state index < -0.39 is 6.43 Å². The van der Waals surface area contributed by atoms with Crippen molar-refractivity contribution in [3.63, 3.8) is 0 Å². The van der Waals surface area contributed by atoms with E-state index >= 15 is 0 Å². The summed E-state index contributed by atoms with van der Waals surface area (Å²) in [6.45, 7) is 1.56. The van der Waals surface area contributed by atoms with Gasteiger partial charge in [-0.05, 0) is 13.0 Å². The van der Waals surface area contributed by atoms with E-state index in [0.29, 0.717) is 0 Å². The molecular formula is C4H6F2. The maximum absolute atomic E-state index is 10.9. The molecule has 0 spiro atoms. The van der Waals surface area contributed by atoms with Crippen molar-refractivity contribution >= 4 is 0 Å². The van der Waals surface area contributed by atoms with E-state index in [-0.39, 0.29) is 0 Å².